The molecule has 0 saturated carbocycles. The van der Waals surface area contributed by atoms with Crippen molar-refractivity contribution in [2.75, 3.05) is 11.9 Å². The Kier molecular flexibility index (Phi) is 5.40. The standard InChI is InChI=1S/C20H21F3N4O/c1-5-28-17-9-14-16(10-24-17)26-12(3)27-19(14)25-11(2)13-7-6-8-15(18(13)21)20(4,22)23/h6-11H,5H2,1-4H3,(H,25,26,27). The average Bonchev–Trinajstić information content (AvgIpc) is 2.61. The molecule has 0 bridgehead atoms. The maximum absolute atomic E-state index is 14.7. The lowest BCUT2D eigenvalue weighted by Gasteiger charge is -2.20. The number of alkyl halides is 2. The third-order valence-electron chi connectivity index (χ3n) is 4.28. The quantitative estimate of drug-likeness (QED) is 0.630. The number of pyridine rings is 1. The Morgan fingerprint density at radius 2 is 2.00 bits per heavy atom. The maximum atomic E-state index is 14.7. The Labute approximate surface area is 161 Å². The fraction of sp³-hybridized carbons (Fsp3) is 0.350. The first-order valence-corrected chi connectivity index (χ1v) is 8.91. The van der Waals surface area contributed by atoms with E-state index in [9.17, 15) is 13.2 Å². The van der Waals surface area contributed by atoms with Crippen molar-refractivity contribution in [1.29, 1.82) is 0 Å². The molecule has 0 saturated heterocycles. The van der Waals surface area contributed by atoms with Gasteiger partial charge in [-0.1, -0.05) is 18.2 Å². The monoisotopic (exact) mass is 390 g/mol. The molecule has 148 valence electrons. The average molecular weight is 390 g/mol. The molecular formula is C20H21F3N4O. The second-order valence-electron chi connectivity index (χ2n) is 6.56. The zero-order chi connectivity index (χ0) is 20.5. The first-order chi connectivity index (χ1) is 13.2. The molecule has 1 N–H and O–H groups in total. The summed E-state index contributed by atoms with van der Waals surface area (Å²) >= 11 is 0. The van der Waals surface area contributed by atoms with Gasteiger partial charge in [0, 0.05) is 23.9 Å². The summed E-state index contributed by atoms with van der Waals surface area (Å²) < 4.78 is 47.4. The summed E-state index contributed by atoms with van der Waals surface area (Å²) in [5.74, 6) is -2.83. The number of fused-ring (bicyclic) bond motifs is 1. The molecule has 0 spiro atoms. The van der Waals surface area contributed by atoms with E-state index < -0.39 is 23.3 Å². The summed E-state index contributed by atoms with van der Waals surface area (Å²) in [7, 11) is 0. The first kappa shape index (κ1) is 19.9. The summed E-state index contributed by atoms with van der Waals surface area (Å²) in [6.07, 6.45) is 1.57. The van der Waals surface area contributed by atoms with Crippen LogP contribution in [0.5, 0.6) is 5.88 Å². The minimum atomic E-state index is -3.27. The lowest BCUT2D eigenvalue weighted by Crippen LogP contribution is -2.16. The SMILES string of the molecule is CCOc1cc2c(NC(C)c3cccc(C(C)(F)F)c3F)nc(C)nc2cn1. The van der Waals surface area contributed by atoms with Crippen molar-refractivity contribution in [1.82, 2.24) is 15.0 Å². The fourth-order valence-corrected chi connectivity index (χ4v) is 2.97. The van der Waals surface area contributed by atoms with Crippen molar-refractivity contribution < 1.29 is 17.9 Å². The smallest absolute Gasteiger partial charge is 0.273 e. The molecule has 1 atom stereocenters. The van der Waals surface area contributed by atoms with E-state index >= 15 is 0 Å². The van der Waals surface area contributed by atoms with Crippen molar-refractivity contribution in [3.63, 3.8) is 0 Å². The zero-order valence-corrected chi connectivity index (χ0v) is 16.1. The highest BCUT2D eigenvalue weighted by molar-refractivity contribution is 5.89. The molecule has 0 aliphatic carbocycles. The van der Waals surface area contributed by atoms with Gasteiger partial charge in [-0.25, -0.2) is 28.1 Å². The Bertz CT molecular complexity index is 1000. The minimum Gasteiger partial charge on any atom is -0.478 e. The van der Waals surface area contributed by atoms with Crippen molar-refractivity contribution in [2.24, 2.45) is 0 Å². The third kappa shape index (κ3) is 4.00. The first-order valence-electron chi connectivity index (χ1n) is 8.91. The number of anilines is 1. The Hall–Kier alpha value is -2.90. The Morgan fingerprint density at radius 3 is 2.68 bits per heavy atom. The molecule has 28 heavy (non-hydrogen) atoms. The number of benzene rings is 1. The number of ether oxygens (including phenoxy) is 1. The van der Waals surface area contributed by atoms with Crippen LogP contribution in [0.1, 0.15) is 43.8 Å². The van der Waals surface area contributed by atoms with Crippen molar-refractivity contribution in [3.8, 4) is 5.88 Å². The van der Waals surface area contributed by atoms with Gasteiger partial charge in [0.1, 0.15) is 17.5 Å². The van der Waals surface area contributed by atoms with Gasteiger partial charge in [-0.2, -0.15) is 0 Å². The van der Waals surface area contributed by atoms with Crippen LogP contribution in [0.25, 0.3) is 10.9 Å². The number of nitrogens with one attached hydrogen (secondary N) is 1. The van der Waals surface area contributed by atoms with E-state index in [1.165, 1.54) is 12.1 Å². The van der Waals surface area contributed by atoms with E-state index in [0.29, 0.717) is 42.0 Å². The molecule has 0 aliphatic rings. The Morgan fingerprint density at radius 1 is 1.25 bits per heavy atom. The van der Waals surface area contributed by atoms with Gasteiger partial charge >= 0.3 is 0 Å². The van der Waals surface area contributed by atoms with Crippen LogP contribution in [0.3, 0.4) is 0 Å². The highest BCUT2D eigenvalue weighted by Crippen LogP contribution is 2.33. The van der Waals surface area contributed by atoms with Crippen LogP contribution in [-0.4, -0.2) is 21.6 Å². The number of aryl methyl sites for hydroxylation is 1. The predicted octanol–water partition coefficient (Wildman–Crippen LogP) is 5.16. The van der Waals surface area contributed by atoms with Crippen molar-refractivity contribution >= 4 is 16.7 Å². The van der Waals surface area contributed by atoms with E-state index in [0.717, 1.165) is 6.07 Å². The molecule has 5 nitrogen and oxygen atoms in total. The summed E-state index contributed by atoms with van der Waals surface area (Å²) in [5, 5.41) is 3.76. The summed E-state index contributed by atoms with van der Waals surface area (Å²) in [5.41, 5.74) is 0.0905. The largest absolute Gasteiger partial charge is 0.478 e. The molecular weight excluding hydrogens is 369 g/mol. The molecule has 0 fully saturated rings. The van der Waals surface area contributed by atoms with Gasteiger partial charge in [0.05, 0.1) is 29.9 Å². The maximum Gasteiger partial charge on any atom is 0.273 e. The van der Waals surface area contributed by atoms with Crippen molar-refractivity contribution in [2.45, 2.75) is 39.7 Å². The van der Waals surface area contributed by atoms with Crippen LogP contribution < -0.4 is 10.1 Å². The van der Waals surface area contributed by atoms with Gasteiger partial charge in [-0.3, -0.25) is 0 Å². The molecule has 0 radical (unpaired) electrons. The van der Waals surface area contributed by atoms with Crippen LogP contribution in [0, 0.1) is 12.7 Å². The van der Waals surface area contributed by atoms with Gasteiger partial charge in [0.2, 0.25) is 5.88 Å². The number of rotatable bonds is 6. The number of nitrogens with zero attached hydrogens (tertiary/aromatic N) is 3. The van der Waals surface area contributed by atoms with Gasteiger partial charge < -0.3 is 10.1 Å². The van der Waals surface area contributed by atoms with E-state index in [-0.39, 0.29) is 5.56 Å². The highest BCUT2D eigenvalue weighted by Gasteiger charge is 2.30. The molecule has 1 unspecified atom stereocenters. The summed E-state index contributed by atoms with van der Waals surface area (Å²) in [4.78, 5) is 12.9. The van der Waals surface area contributed by atoms with Gasteiger partial charge in [0.15, 0.2) is 0 Å². The van der Waals surface area contributed by atoms with Crippen LogP contribution in [0.4, 0.5) is 19.0 Å². The molecule has 2 heterocycles. The normalized spacial score (nSPS) is 12.8. The number of halogens is 3. The summed E-state index contributed by atoms with van der Waals surface area (Å²) in [6, 6.07) is 5.08. The van der Waals surface area contributed by atoms with Gasteiger partial charge in [0.25, 0.3) is 5.92 Å². The molecule has 3 rings (SSSR count). The van der Waals surface area contributed by atoms with Gasteiger partial charge in [-0.05, 0) is 20.8 Å². The van der Waals surface area contributed by atoms with Crippen molar-refractivity contribution in [3.05, 3.63) is 53.2 Å². The second kappa shape index (κ2) is 7.61. The second-order valence-corrected chi connectivity index (χ2v) is 6.56. The van der Waals surface area contributed by atoms with Gasteiger partial charge in [-0.15, -0.1) is 0 Å². The molecule has 3 aromatic rings. The summed E-state index contributed by atoms with van der Waals surface area (Å²) in [6.45, 7) is 6.39. The fourth-order valence-electron chi connectivity index (χ4n) is 2.97. The number of hydrogen-bond donors (Lipinski definition) is 1. The van der Waals surface area contributed by atoms with E-state index in [1.54, 1.807) is 26.1 Å². The molecule has 0 amide bonds. The van der Waals surface area contributed by atoms with Crippen LogP contribution in [-0.2, 0) is 5.92 Å². The van der Waals surface area contributed by atoms with Crippen LogP contribution in [0.2, 0.25) is 0 Å². The highest BCUT2D eigenvalue weighted by atomic mass is 19.3. The molecule has 2 aromatic heterocycles. The zero-order valence-electron chi connectivity index (χ0n) is 16.1. The predicted molar refractivity (Wildman–Crippen MR) is 101 cm³/mol. The molecule has 8 heteroatoms. The van der Waals surface area contributed by atoms with E-state index in [2.05, 4.69) is 20.3 Å². The van der Waals surface area contributed by atoms with E-state index in [1.807, 2.05) is 6.92 Å². The lowest BCUT2D eigenvalue weighted by atomic mass is 10.0. The molecule has 1 aromatic carbocycles. The number of aromatic nitrogens is 3. The Balaban J connectivity index is 2.02. The molecule has 0 aliphatic heterocycles. The lowest BCUT2D eigenvalue weighted by molar-refractivity contribution is 0.0136. The topological polar surface area (TPSA) is 59.9 Å². The van der Waals surface area contributed by atoms with E-state index in [4.69, 9.17) is 4.74 Å². The van der Waals surface area contributed by atoms with Crippen LogP contribution >= 0.6 is 0 Å². The minimum absolute atomic E-state index is 0.127. The third-order valence-corrected chi connectivity index (χ3v) is 4.28. The number of hydrogen-bond acceptors (Lipinski definition) is 5. The van der Waals surface area contributed by atoms with Crippen LogP contribution in [0.15, 0.2) is 30.5 Å².